The van der Waals surface area contributed by atoms with Crippen LogP contribution in [0.15, 0.2) is 64.0 Å². The lowest BCUT2D eigenvalue weighted by Crippen LogP contribution is -2.11. The van der Waals surface area contributed by atoms with Gasteiger partial charge in [0.1, 0.15) is 5.69 Å². The predicted octanol–water partition coefficient (Wildman–Crippen LogP) is 2.97. The van der Waals surface area contributed by atoms with Crippen molar-refractivity contribution in [2.45, 2.75) is 10.6 Å². The first kappa shape index (κ1) is 19.2. The maximum absolute atomic E-state index is 11.5. The summed E-state index contributed by atoms with van der Waals surface area (Å²) < 4.78 is 28.4. The molecule has 3 rings (SSSR count). The fraction of sp³-hybridized carbons (Fsp3) is 0.111. The molecule has 0 aliphatic rings. The second kappa shape index (κ2) is 7.95. The molecule has 140 valence electrons. The van der Waals surface area contributed by atoms with Crippen molar-refractivity contribution in [2.24, 2.45) is 5.14 Å². The van der Waals surface area contributed by atoms with Crippen LogP contribution in [0, 0.1) is 0 Å². The van der Waals surface area contributed by atoms with Crippen LogP contribution in [0.5, 0.6) is 0 Å². The molecule has 0 unspecified atom stereocenters. The van der Waals surface area contributed by atoms with E-state index in [1.54, 1.807) is 12.1 Å². The van der Waals surface area contributed by atoms with Crippen LogP contribution < -0.4 is 5.14 Å². The molecule has 1 aromatic heterocycles. The van der Waals surface area contributed by atoms with Crippen LogP contribution in [0.1, 0.15) is 5.76 Å². The highest BCUT2D eigenvalue weighted by Gasteiger charge is 2.20. The van der Waals surface area contributed by atoms with E-state index in [2.05, 4.69) is 5.16 Å². The monoisotopic (exact) mass is 404 g/mol. The Morgan fingerprint density at radius 2 is 1.74 bits per heavy atom. The topological polar surface area (TPSA) is 123 Å². The molecule has 1 heterocycles. The molecule has 7 nitrogen and oxygen atoms in total. The number of primary sulfonamides is 1. The van der Waals surface area contributed by atoms with Crippen LogP contribution in [-0.4, -0.2) is 30.4 Å². The Morgan fingerprint density at radius 1 is 1.07 bits per heavy atom. The van der Waals surface area contributed by atoms with E-state index in [0.29, 0.717) is 28.3 Å². The van der Waals surface area contributed by atoms with E-state index in [1.165, 1.54) is 23.9 Å². The van der Waals surface area contributed by atoms with Gasteiger partial charge in [-0.25, -0.2) is 13.6 Å². The quantitative estimate of drug-likeness (QED) is 0.620. The van der Waals surface area contributed by atoms with Crippen LogP contribution in [0.2, 0.25) is 0 Å². The lowest BCUT2D eigenvalue weighted by Gasteiger charge is -2.06. The molecule has 9 heteroatoms. The van der Waals surface area contributed by atoms with Crippen molar-refractivity contribution in [1.29, 1.82) is 0 Å². The van der Waals surface area contributed by atoms with Crippen molar-refractivity contribution in [3.8, 4) is 22.4 Å². The van der Waals surface area contributed by atoms with E-state index in [1.807, 2.05) is 30.3 Å². The number of aromatic nitrogens is 1. The molecule has 0 aliphatic carbocycles. The van der Waals surface area contributed by atoms with Gasteiger partial charge in [0.2, 0.25) is 10.0 Å². The Kier molecular flexibility index (Phi) is 5.64. The van der Waals surface area contributed by atoms with E-state index < -0.39 is 16.0 Å². The minimum atomic E-state index is -3.79. The van der Waals surface area contributed by atoms with Crippen molar-refractivity contribution in [2.75, 3.05) is 5.75 Å². The van der Waals surface area contributed by atoms with Gasteiger partial charge in [-0.3, -0.25) is 4.79 Å². The Bertz CT molecular complexity index is 1050. The first-order valence-corrected chi connectivity index (χ1v) is 10.5. The maximum atomic E-state index is 11.5. The number of nitrogens with two attached hydrogens (primary N) is 1. The third kappa shape index (κ3) is 4.57. The minimum absolute atomic E-state index is 0.00534. The Balaban J connectivity index is 2.04. The number of nitrogens with zero attached hydrogens (tertiary/aromatic N) is 1. The number of hydrogen-bond donors (Lipinski definition) is 2. The molecular formula is C18H16N2O5S2. The van der Waals surface area contributed by atoms with Gasteiger partial charge in [0.25, 0.3) is 0 Å². The number of carboxylic acid groups (broad SMARTS) is 1. The van der Waals surface area contributed by atoms with Gasteiger partial charge < -0.3 is 9.63 Å². The minimum Gasteiger partial charge on any atom is -0.481 e. The van der Waals surface area contributed by atoms with E-state index in [0.717, 1.165) is 5.56 Å². The summed E-state index contributed by atoms with van der Waals surface area (Å²) >= 11 is 1.19. The fourth-order valence-electron chi connectivity index (χ4n) is 2.56. The molecule has 0 saturated carbocycles. The summed E-state index contributed by atoms with van der Waals surface area (Å²) in [6.07, 6.45) is 0. The van der Waals surface area contributed by atoms with Crippen molar-refractivity contribution >= 4 is 27.8 Å². The van der Waals surface area contributed by atoms with Crippen molar-refractivity contribution in [3.05, 3.63) is 60.4 Å². The molecule has 0 radical (unpaired) electrons. The Labute approximate surface area is 160 Å². The molecule has 0 fully saturated rings. The van der Waals surface area contributed by atoms with Crippen LogP contribution >= 0.6 is 11.8 Å². The molecule has 0 aliphatic heterocycles. The van der Waals surface area contributed by atoms with Gasteiger partial charge in [-0.15, -0.1) is 11.8 Å². The van der Waals surface area contributed by atoms with Gasteiger partial charge >= 0.3 is 5.97 Å². The maximum Gasteiger partial charge on any atom is 0.313 e. The lowest BCUT2D eigenvalue weighted by atomic mass is 9.99. The highest BCUT2D eigenvalue weighted by molar-refractivity contribution is 7.99. The van der Waals surface area contributed by atoms with Crippen molar-refractivity contribution in [1.82, 2.24) is 5.16 Å². The van der Waals surface area contributed by atoms with Gasteiger partial charge in [-0.05, 0) is 17.7 Å². The summed E-state index contributed by atoms with van der Waals surface area (Å²) in [5.74, 6) is -0.144. The number of thioether (sulfide) groups is 1. The lowest BCUT2D eigenvalue weighted by molar-refractivity contribution is -0.133. The highest BCUT2D eigenvalue weighted by atomic mass is 32.2. The molecule has 2 aromatic carbocycles. The smallest absolute Gasteiger partial charge is 0.313 e. The zero-order valence-electron chi connectivity index (χ0n) is 14.0. The van der Waals surface area contributed by atoms with Crippen molar-refractivity contribution in [3.63, 3.8) is 0 Å². The molecule has 27 heavy (non-hydrogen) atoms. The number of rotatable bonds is 7. The number of hydrogen-bond acceptors (Lipinski definition) is 6. The second-order valence-electron chi connectivity index (χ2n) is 5.65. The number of aliphatic carboxylic acids is 1. The average Bonchev–Trinajstić information content (AvgIpc) is 3.05. The number of benzene rings is 2. The molecule has 0 saturated heterocycles. The van der Waals surface area contributed by atoms with E-state index in [9.17, 15) is 13.2 Å². The van der Waals surface area contributed by atoms with Gasteiger partial charge in [-0.2, -0.15) is 0 Å². The largest absolute Gasteiger partial charge is 0.481 e. The summed E-state index contributed by atoms with van der Waals surface area (Å²) in [6.45, 7) is 0. The molecular weight excluding hydrogens is 388 g/mol. The van der Waals surface area contributed by atoms with Gasteiger partial charge in [0, 0.05) is 5.56 Å². The molecule has 0 bridgehead atoms. The highest BCUT2D eigenvalue weighted by Crippen LogP contribution is 2.36. The van der Waals surface area contributed by atoms with Crippen LogP contribution in [0.3, 0.4) is 0 Å². The summed E-state index contributed by atoms with van der Waals surface area (Å²) in [5, 5.41) is 18.1. The number of carbonyl (C=O) groups is 1. The normalized spacial score (nSPS) is 11.4. The zero-order chi connectivity index (χ0) is 19.4. The molecule has 0 spiro atoms. The fourth-order valence-corrected chi connectivity index (χ4v) is 3.73. The van der Waals surface area contributed by atoms with Crippen molar-refractivity contribution < 1.29 is 22.8 Å². The van der Waals surface area contributed by atoms with Crippen LogP contribution in [-0.2, 0) is 20.6 Å². The Hall–Kier alpha value is -2.62. The summed E-state index contributed by atoms with van der Waals surface area (Å²) in [6, 6.07) is 15.5. The SMILES string of the molecule is NS(=O)(=O)c1ccc(-c2c(-c3ccccc3)noc2CSCC(=O)O)cc1. The number of sulfonamides is 1. The first-order valence-electron chi connectivity index (χ1n) is 7.83. The molecule has 3 aromatic rings. The van der Waals surface area contributed by atoms with E-state index >= 15 is 0 Å². The van der Waals surface area contributed by atoms with Gasteiger partial charge in [-0.1, -0.05) is 47.6 Å². The van der Waals surface area contributed by atoms with Gasteiger partial charge in [0.15, 0.2) is 5.76 Å². The Morgan fingerprint density at radius 3 is 2.33 bits per heavy atom. The van der Waals surface area contributed by atoms with Crippen LogP contribution in [0.25, 0.3) is 22.4 Å². The summed E-state index contributed by atoms with van der Waals surface area (Å²) in [7, 11) is -3.79. The van der Waals surface area contributed by atoms with E-state index in [4.69, 9.17) is 14.8 Å². The third-order valence-electron chi connectivity index (χ3n) is 3.74. The molecule has 3 N–H and O–H groups in total. The summed E-state index contributed by atoms with van der Waals surface area (Å²) in [4.78, 5) is 10.8. The van der Waals surface area contributed by atoms with Gasteiger partial charge in [0.05, 0.1) is 22.0 Å². The zero-order valence-corrected chi connectivity index (χ0v) is 15.7. The van der Waals surface area contributed by atoms with E-state index in [-0.39, 0.29) is 10.6 Å². The standard InChI is InChI=1S/C18H16N2O5S2/c19-27(23,24)14-8-6-12(7-9-14)17-15(10-26-11-16(21)22)25-20-18(17)13-4-2-1-3-5-13/h1-9H,10-11H2,(H,21,22)(H2,19,23,24). The third-order valence-corrected chi connectivity index (χ3v) is 5.59. The second-order valence-corrected chi connectivity index (χ2v) is 8.20. The summed E-state index contributed by atoms with van der Waals surface area (Å²) in [5.41, 5.74) is 2.83. The van der Waals surface area contributed by atoms with Crippen LogP contribution in [0.4, 0.5) is 0 Å². The predicted molar refractivity (Wildman–Crippen MR) is 103 cm³/mol. The average molecular weight is 404 g/mol. The molecule has 0 amide bonds. The first-order chi connectivity index (χ1) is 12.9. The number of carboxylic acids is 1. The molecule has 0 atom stereocenters.